The predicted molar refractivity (Wildman–Crippen MR) is 195 cm³/mol. The molecule has 1 N–H and O–H groups in total. The lowest BCUT2D eigenvalue weighted by atomic mass is 9.99. The molecule has 7 rings (SSSR count). The van der Waals surface area contributed by atoms with Crippen molar-refractivity contribution in [1.29, 1.82) is 0 Å². The summed E-state index contributed by atoms with van der Waals surface area (Å²) >= 11 is 0. The third kappa shape index (κ3) is 7.85. The average Bonchev–Trinajstić information content (AvgIpc) is 3.63. The molecule has 0 aliphatic carbocycles. The fourth-order valence-corrected chi connectivity index (χ4v) is 6.65. The maximum atomic E-state index is 13.5. The number of nitrogens with one attached hydrogen (secondary N) is 1. The maximum absolute atomic E-state index is 13.5. The van der Waals surface area contributed by atoms with Crippen LogP contribution in [0.15, 0.2) is 128 Å². The van der Waals surface area contributed by atoms with E-state index in [1.165, 1.54) is 13.1 Å². The van der Waals surface area contributed by atoms with Crippen LogP contribution in [0.1, 0.15) is 49.9 Å². The van der Waals surface area contributed by atoms with Crippen molar-refractivity contribution in [2.24, 2.45) is 0 Å². The summed E-state index contributed by atoms with van der Waals surface area (Å²) in [5.41, 5.74) is 4.45. The molecule has 2 aliphatic rings. The number of carbonyl (C=O) groups excluding carboxylic acids is 3. The standard InChI is InChI=1S/C42H39N3O7/c1-28(46)44-37-32(21-22-43-40(37)45-41(47)33-19-11-12-20-34(33)42(45)48)23-35-38(50-25-30-15-7-3-8-16-30)39(51-26-31-17-9-4-10-18-31)36(52-35)27-49-24-29-13-5-2-6-14-29/h2-22,35-36,38-39H,23-27H2,1H3,(H,44,46)/t35-,36+,38-,39+/m0/s1. The molecule has 0 unspecified atom stereocenters. The van der Waals surface area contributed by atoms with Crippen LogP contribution < -0.4 is 10.2 Å². The molecule has 5 aromatic rings. The fraction of sp³-hybridized carbons (Fsp3) is 0.238. The number of nitrogens with zero attached hydrogens (tertiary/aromatic N) is 2. The lowest BCUT2D eigenvalue weighted by Crippen LogP contribution is -2.39. The number of amides is 3. The van der Waals surface area contributed by atoms with Gasteiger partial charge in [0, 0.05) is 19.5 Å². The zero-order valence-electron chi connectivity index (χ0n) is 28.7. The van der Waals surface area contributed by atoms with Crippen LogP contribution in [0.2, 0.25) is 0 Å². The molecule has 10 nitrogen and oxygen atoms in total. The van der Waals surface area contributed by atoms with E-state index in [9.17, 15) is 14.4 Å². The van der Waals surface area contributed by atoms with Gasteiger partial charge in [0.1, 0.15) is 18.3 Å². The van der Waals surface area contributed by atoms with E-state index in [1.807, 2.05) is 91.0 Å². The lowest BCUT2D eigenvalue weighted by Gasteiger charge is -2.26. The van der Waals surface area contributed by atoms with E-state index in [0.29, 0.717) is 25.4 Å². The van der Waals surface area contributed by atoms with Crippen molar-refractivity contribution in [2.45, 2.75) is 57.6 Å². The average molecular weight is 698 g/mol. The van der Waals surface area contributed by atoms with Gasteiger partial charge in [-0.25, -0.2) is 9.88 Å². The molecule has 10 heteroatoms. The number of rotatable bonds is 14. The van der Waals surface area contributed by atoms with Crippen LogP contribution in [-0.2, 0) is 50.0 Å². The summed E-state index contributed by atoms with van der Waals surface area (Å²) in [5, 5.41) is 2.86. The molecular formula is C42H39N3O7. The van der Waals surface area contributed by atoms with Crippen LogP contribution in [0.3, 0.4) is 0 Å². The Morgan fingerprint density at radius 2 is 1.19 bits per heavy atom. The summed E-state index contributed by atoms with van der Waals surface area (Å²) in [4.78, 5) is 45.1. The third-order valence-corrected chi connectivity index (χ3v) is 9.12. The number of hydrogen-bond acceptors (Lipinski definition) is 8. The van der Waals surface area contributed by atoms with Gasteiger partial charge in [0.25, 0.3) is 11.8 Å². The van der Waals surface area contributed by atoms with Gasteiger partial charge in [-0.1, -0.05) is 103 Å². The normalized spacial score (nSPS) is 19.5. The van der Waals surface area contributed by atoms with Crippen molar-refractivity contribution in [3.63, 3.8) is 0 Å². The topological polar surface area (TPSA) is 116 Å². The second kappa shape index (κ2) is 16.2. The molecule has 1 fully saturated rings. The van der Waals surface area contributed by atoms with Gasteiger partial charge in [0.15, 0.2) is 5.82 Å². The van der Waals surface area contributed by atoms with Crippen molar-refractivity contribution in [3.05, 3.63) is 161 Å². The first-order chi connectivity index (χ1) is 25.5. The SMILES string of the molecule is CC(=O)Nc1c(C[C@@H]2O[C@H](COCc3ccccc3)[C@@H](OCc3ccccc3)[C@H]2OCc2ccccc2)ccnc1N1C(=O)c2ccccc2C1=O. The minimum absolute atomic E-state index is 0.0401. The molecule has 3 heterocycles. The van der Waals surface area contributed by atoms with Gasteiger partial charge < -0.3 is 24.3 Å². The Morgan fingerprint density at radius 1 is 0.692 bits per heavy atom. The molecule has 3 amide bonds. The smallest absolute Gasteiger partial charge is 0.267 e. The molecule has 1 aromatic heterocycles. The highest BCUT2D eigenvalue weighted by atomic mass is 16.6. The summed E-state index contributed by atoms with van der Waals surface area (Å²) in [5.74, 6) is -1.36. The number of anilines is 2. The van der Waals surface area contributed by atoms with Crippen LogP contribution in [0.4, 0.5) is 11.5 Å². The molecule has 2 aliphatic heterocycles. The van der Waals surface area contributed by atoms with Crippen LogP contribution in [-0.4, -0.2) is 53.7 Å². The van der Waals surface area contributed by atoms with Crippen molar-refractivity contribution >= 4 is 29.2 Å². The van der Waals surface area contributed by atoms with Crippen LogP contribution in [0.25, 0.3) is 0 Å². The van der Waals surface area contributed by atoms with E-state index in [0.717, 1.165) is 21.6 Å². The van der Waals surface area contributed by atoms with E-state index in [2.05, 4.69) is 10.3 Å². The van der Waals surface area contributed by atoms with Crippen molar-refractivity contribution in [3.8, 4) is 0 Å². The molecule has 0 saturated carbocycles. The van der Waals surface area contributed by atoms with Crippen LogP contribution in [0, 0.1) is 0 Å². The summed E-state index contributed by atoms with van der Waals surface area (Å²) < 4.78 is 26.3. The van der Waals surface area contributed by atoms with Gasteiger partial charge in [-0.05, 0) is 40.5 Å². The van der Waals surface area contributed by atoms with E-state index < -0.39 is 36.2 Å². The Bertz CT molecular complexity index is 1970. The minimum Gasteiger partial charge on any atom is -0.374 e. The highest BCUT2D eigenvalue weighted by molar-refractivity contribution is 6.35. The molecule has 52 heavy (non-hydrogen) atoms. The summed E-state index contributed by atoms with van der Waals surface area (Å²) in [6.45, 7) is 2.65. The van der Waals surface area contributed by atoms with E-state index in [4.69, 9.17) is 18.9 Å². The molecular weight excluding hydrogens is 658 g/mol. The number of pyridine rings is 1. The largest absolute Gasteiger partial charge is 0.374 e. The number of carbonyl (C=O) groups is 3. The minimum atomic E-state index is -0.570. The molecule has 4 aromatic carbocycles. The van der Waals surface area contributed by atoms with Gasteiger partial charge in [0.05, 0.1) is 49.3 Å². The molecule has 0 bridgehead atoms. The molecule has 4 atom stereocenters. The first-order valence-electron chi connectivity index (χ1n) is 17.3. The second-order valence-electron chi connectivity index (χ2n) is 12.8. The fourth-order valence-electron chi connectivity index (χ4n) is 6.65. The number of benzene rings is 4. The third-order valence-electron chi connectivity index (χ3n) is 9.12. The Hall–Kier alpha value is -5.52. The summed E-state index contributed by atoms with van der Waals surface area (Å²) in [6.07, 6.45) is -0.381. The zero-order valence-corrected chi connectivity index (χ0v) is 28.7. The molecule has 1 saturated heterocycles. The maximum Gasteiger partial charge on any atom is 0.267 e. The first-order valence-corrected chi connectivity index (χ1v) is 17.3. The Balaban J connectivity index is 1.21. The van der Waals surface area contributed by atoms with Gasteiger partial charge in [-0.2, -0.15) is 0 Å². The van der Waals surface area contributed by atoms with Crippen molar-refractivity contribution < 1.29 is 33.3 Å². The predicted octanol–water partition coefficient (Wildman–Crippen LogP) is 6.54. The zero-order chi connectivity index (χ0) is 35.9. The molecule has 0 spiro atoms. The second-order valence-corrected chi connectivity index (χ2v) is 12.8. The molecule has 264 valence electrons. The summed E-state index contributed by atoms with van der Waals surface area (Å²) in [6, 6.07) is 38.1. The van der Waals surface area contributed by atoms with E-state index in [-0.39, 0.29) is 41.6 Å². The monoisotopic (exact) mass is 697 g/mol. The summed E-state index contributed by atoms with van der Waals surface area (Å²) in [7, 11) is 0. The van der Waals surface area contributed by atoms with Crippen LogP contribution >= 0.6 is 0 Å². The van der Waals surface area contributed by atoms with Gasteiger partial charge >= 0.3 is 0 Å². The number of ether oxygens (including phenoxy) is 4. The van der Waals surface area contributed by atoms with E-state index in [1.54, 1.807) is 30.3 Å². The van der Waals surface area contributed by atoms with Gasteiger partial charge in [-0.15, -0.1) is 0 Å². The van der Waals surface area contributed by atoms with E-state index >= 15 is 0 Å². The highest BCUT2D eigenvalue weighted by Crippen LogP contribution is 2.37. The number of imide groups is 1. The number of fused-ring (bicyclic) bond motifs is 1. The Kier molecular flexibility index (Phi) is 10.9. The quantitative estimate of drug-likeness (QED) is 0.130. The number of hydrogen-bond donors (Lipinski definition) is 1. The first kappa shape index (κ1) is 34.9. The van der Waals surface area contributed by atoms with Gasteiger partial charge in [0.2, 0.25) is 5.91 Å². The molecule has 0 radical (unpaired) electrons. The van der Waals surface area contributed by atoms with Crippen molar-refractivity contribution in [1.82, 2.24) is 4.98 Å². The number of aromatic nitrogens is 1. The van der Waals surface area contributed by atoms with Crippen LogP contribution in [0.5, 0.6) is 0 Å². The van der Waals surface area contributed by atoms with Crippen molar-refractivity contribution in [2.75, 3.05) is 16.8 Å². The Labute approximate surface area is 302 Å². The lowest BCUT2D eigenvalue weighted by molar-refractivity contribution is -0.114. The van der Waals surface area contributed by atoms with Gasteiger partial charge in [-0.3, -0.25) is 14.4 Å². The highest BCUT2D eigenvalue weighted by Gasteiger charge is 2.47. The Morgan fingerprint density at radius 3 is 1.73 bits per heavy atom.